The molecule has 0 saturated carbocycles. The number of nitrogens with one attached hydrogen (secondary N) is 2. The second-order valence-corrected chi connectivity index (χ2v) is 7.36. The van der Waals surface area contributed by atoms with Crippen LogP contribution >= 0.6 is 0 Å². The molecule has 2 heterocycles. The summed E-state index contributed by atoms with van der Waals surface area (Å²) in [4.78, 5) is 14.0. The Morgan fingerprint density at radius 1 is 1.36 bits per heavy atom. The molecule has 1 aromatic rings. The van der Waals surface area contributed by atoms with Gasteiger partial charge >= 0.3 is 6.03 Å². The second kappa shape index (κ2) is 7.52. The van der Waals surface area contributed by atoms with Gasteiger partial charge in [0.2, 0.25) is 0 Å². The molecule has 1 aromatic carbocycles. The van der Waals surface area contributed by atoms with Crippen molar-refractivity contribution in [3.63, 3.8) is 0 Å². The standard InChI is InChI=1S/C19H29N3O3/c1-14(2)20-18(23)22-9-7-19(8-10-22)12-16(13-25-19)21-15-5-4-6-17(11-15)24-3/h4-6,11,14,16,21H,7-10,12-13H2,1-3H3,(H,20,23)/t16-/m1/s1. The summed E-state index contributed by atoms with van der Waals surface area (Å²) >= 11 is 0. The van der Waals surface area contributed by atoms with E-state index in [0.29, 0.717) is 12.6 Å². The lowest BCUT2D eigenvalue weighted by molar-refractivity contribution is -0.0363. The number of methoxy groups -OCH3 is 1. The average molecular weight is 347 g/mol. The summed E-state index contributed by atoms with van der Waals surface area (Å²) in [5.74, 6) is 0.850. The van der Waals surface area contributed by atoms with Gasteiger partial charge in [0.15, 0.2) is 0 Å². The van der Waals surface area contributed by atoms with Gasteiger partial charge in [-0.2, -0.15) is 0 Å². The van der Waals surface area contributed by atoms with Gasteiger partial charge in [0, 0.05) is 30.9 Å². The Hall–Kier alpha value is -1.95. The van der Waals surface area contributed by atoms with E-state index in [9.17, 15) is 4.79 Å². The van der Waals surface area contributed by atoms with Crippen molar-refractivity contribution in [2.75, 3.05) is 32.1 Å². The third-order valence-corrected chi connectivity index (χ3v) is 5.02. The third kappa shape index (κ3) is 4.37. The van der Waals surface area contributed by atoms with Gasteiger partial charge in [-0.05, 0) is 45.2 Å². The number of piperidine rings is 1. The Labute approximate surface area is 149 Å². The lowest BCUT2D eigenvalue weighted by atomic mass is 9.87. The van der Waals surface area contributed by atoms with Crippen LogP contribution in [0.1, 0.15) is 33.1 Å². The number of carbonyl (C=O) groups excluding carboxylic acids is 1. The molecule has 0 radical (unpaired) electrons. The Balaban J connectivity index is 1.52. The molecule has 0 bridgehead atoms. The van der Waals surface area contributed by atoms with Crippen LogP contribution in [0.25, 0.3) is 0 Å². The predicted molar refractivity (Wildman–Crippen MR) is 98.2 cm³/mol. The molecule has 2 fully saturated rings. The molecule has 0 aromatic heterocycles. The van der Waals surface area contributed by atoms with Crippen LogP contribution in [0.3, 0.4) is 0 Å². The van der Waals surface area contributed by atoms with Crippen LogP contribution in [0, 0.1) is 0 Å². The van der Waals surface area contributed by atoms with Crippen LogP contribution in [0.2, 0.25) is 0 Å². The highest BCUT2D eigenvalue weighted by molar-refractivity contribution is 5.74. The van der Waals surface area contributed by atoms with E-state index in [1.807, 2.05) is 43.0 Å². The monoisotopic (exact) mass is 347 g/mol. The molecule has 2 N–H and O–H groups in total. The van der Waals surface area contributed by atoms with E-state index in [4.69, 9.17) is 9.47 Å². The molecule has 138 valence electrons. The van der Waals surface area contributed by atoms with Crippen molar-refractivity contribution in [3.8, 4) is 5.75 Å². The number of hydrogen-bond acceptors (Lipinski definition) is 4. The number of hydrogen-bond donors (Lipinski definition) is 2. The number of nitrogens with zero attached hydrogens (tertiary/aromatic N) is 1. The highest BCUT2D eigenvalue weighted by atomic mass is 16.5. The number of anilines is 1. The van der Waals surface area contributed by atoms with E-state index < -0.39 is 0 Å². The van der Waals surface area contributed by atoms with Gasteiger partial charge in [-0.15, -0.1) is 0 Å². The number of amides is 2. The smallest absolute Gasteiger partial charge is 0.317 e. The zero-order valence-electron chi connectivity index (χ0n) is 15.4. The van der Waals surface area contributed by atoms with Crippen molar-refractivity contribution >= 4 is 11.7 Å². The summed E-state index contributed by atoms with van der Waals surface area (Å²) in [5.41, 5.74) is 0.962. The summed E-state index contributed by atoms with van der Waals surface area (Å²) in [6.45, 7) is 6.18. The molecule has 2 aliphatic rings. The molecule has 6 heteroatoms. The maximum absolute atomic E-state index is 12.1. The van der Waals surface area contributed by atoms with E-state index in [-0.39, 0.29) is 17.7 Å². The van der Waals surface area contributed by atoms with Gasteiger partial charge in [-0.3, -0.25) is 0 Å². The van der Waals surface area contributed by atoms with Crippen LogP contribution in [0.4, 0.5) is 10.5 Å². The fraction of sp³-hybridized carbons (Fsp3) is 0.632. The number of ether oxygens (including phenoxy) is 2. The largest absolute Gasteiger partial charge is 0.497 e. The van der Waals surface area contributed by atoms with Gasteiger partial charge in [0.1, 0.15) is 5.75 Å². The lowest BCUT2D eigenvalue weighted by Crippen LogP contribution is -2.51. The number of benzene rings is 1. The topological polar surface area (TPSA) is 62.8 Å². The highest BCUT2D eigenvalue weighted by Gasteiger charge is 2.43. The van der Waals surface area contributed by atoms with Crippen LogP contribution in [-0.2, 0) is 4.74 Å². The summed E-state index contributed by atoms with van der Waals surface area (Å²) in [6, 6.07) is 8.48. The Bertz CT molecular complexity index is 597. The van der Waals surface area contributed by atoms with Crippen molar-refractivity contribution in [2.45, 2.75) is 50.8 Å². The lowest BCUT2D eigenvalue weighted by Gasteiger charge is -2.38. The summed E-state index contributed by atoms with van der Waals surface area (Å²) in [5, 5.41) is 6.52. The SMILES string of the molecule is COc1cccc(N[C@H]2COC3(CCN(C(=O)NC(C)C)CC3)C2)c1. The van der Waals surface area contributed by atoms with Gasteiger partial charge in [0.05, 0.1) is 25.4 Å². The Morgan fingerprint density at radius 3 is 2.80 bits per heavy atom. The molecule has 3 rings (SSSR count). The molecule has 0 aliphatic carbocycles. The van der Waals surface area contributed by atoms with Crippen molar-refractivity contribution in [2.24, 2.45) is 0 Å². The fourth-order valence-electron chi connectivity index (χ4n) is 3.69. The molecule has 2 saturated heterocycles. The number of rotatable bonds is 4. The summed E-state index contributed by atoms with van der Waals surface area (Å²) in [6.07, 6.45) is 2.77. The summed E-state index contributed by atoms with van der Waals surface area (Å²) < 4.78 is 11.5. The zero-order chi connectivity index (χ0) is 17.9. The Kier molecular flexibility index (Phi) is 5.37. The minimum Gasteiger partial charge on any atom is -0.497 e. The van der Waals surface area contributed by atoms with E-state index in [1.54, 1.807) is 7.11 Å². The first kappa shape index (κ1) is 17.9. The average Bonchev–Trinajstić information content (AvgIpc) is 2.97. The van der Waals surface area contributed by atoms with Crippen LogP contribution in [-0.4, -0.2) is 55.4 Å². The molecule has 2 aliphatic heterocycles. The van der Waals surface area contributed by atoms with Crippen molar-refractivity contribution in [3.05, 3.63) is 24.3 Å². The summed E-state index contributed by atoms with van der Waals surface area (Å²) in [7, 11) is 1.68. The predicted octanol–water partition coefficient (Wildman–Crippen LogP) is 2.85. The first-order valence-corrected chi connectivity index (χ1v) is 9.10. The van der Waals surface area contributed by atoms with Crippen molar-refractivity contribution < 1.29 is 14.3 Å². The maximum atomic E-state index is 12.1. The first-order chi connectivity index (χ1) is 12.0. The van der Waals surface area contributed by atoms with Crippen LogP contribution < -0.4 is 15.4 Å². The van der Waals surface area contributed by atoms with Crippen molar-refractivity contribution in [1.82, 2.24) is 10.2 Å². The highest BCUT2D eigenvalue weighted by Crippen LogP contribution is 2.37. The first-order valence-electron chi connectivity index (χ1n) is 9.10. The van der Waals surface area contributed by atoms with E-state index in [2.05, 4.69) is 10.6 Å². The normalized spacial score (nSPS) is 22.2. The Morgan fingerprint density at radius 2 is 2.12 bits per heavy atom. The molecule has 1 spiro atoms. The van der Waals surface area contributed by atoms with E-state index in [1.165, 1.54) is 0 Å². The van der Waals surface area contributed by atoms with Gasteiger partial charge in [-0.1, -0.05) is 6.07 Å². The van der Waals surface area contributed by atoms with Crippen LogP contribution in [0.15, 0.2) is 24.3 Å². The second-order valence-electron chi connectivity index (χ2n) is 7.36. The third-order valence-electron chi connectivity index (χ3n) is 5.02. The molecular formula is C19H29N3O3. The quantitative estimate of drug-likeness (QED) is 0.879. The van der Waals surface area contributed by atoms with E-state index >= 15 is 0 Å². The molecule has 0 unspecified atom stereocenters. The minimum absolute atomic E-state index is 0.0360. The maximum Gasteiger partial charge on any atom is 0.317 e. The van der Waals surface area contributed by atoms with Gasteiger partial charge < -0.3 is 25.0 Å². The van der Waals surface area contributed by atoms with Crippen LogP contribution in [0.5, 0.6) is 5.75 Å². The number of urea groups is 1. The minimum atomic E-state index is -0.0921. The number of likely N-dealkylation sites (tertiary alicyclic amines) is 1. The van der Waals surface area contributed by atoms with Gasteiger partial charge in [-0.25, -0.2) is 4.79 Å². The van der Waals surface area contributed by atoms with E-state index in [0.717, 1.165) is 43.8 Å². The molecular weight excluding hydrogens is 318 g/mol. The fourth-order valence-corrected chi connectivity index (χ4v) is 3.69. The molecule has 6 nitrogen and oxygen atoms in total. The number of carbonyl (C=O) groups is 1. The molecule has 2 amide bonds. The van der Waals surface area contributed by atoms with Gasteiger partial charge in [0.25, 0.3) is 0 Å². The molecule has 25 heavy (non-hydrogen) atoms. The zero-order valence-corrected chi connectivity index (χ0v) is 15.4. The molecule has 1 atom stereocenters. The van der Waals surface area contributed by atoms with Crippen molar-refractivity contribution in [1.29, 1.82) is 0 Å².